The van der Waals surface area contributed by atoms with Crippen molar-refractivity contribution in [1.29, 1.82) is 0 Å². The zero-order chi connectivity index (χ0) is 22.9. The second-order valence-electron chi connectivity index (χ2n) is 9.49. The Morgan fingerprint density at radius 3 is 2.42 bits per heavy atom. The number of nitrogens with zero attached hydrogens (tertiary/aromatic N) is 4. The molecule has 2 aliphatic heterocycles. The van der Waals surface area contributed by atoms with E-state index in [1.165, 1.54) is 4.90 Å². The number of hydrogen-bond acceptors (Lipinski definition) is 6. The van der Waals surface area contributed by atoms with Crippen LogP contribution >= 0.6 is 11.3 Å². The Balaban J connectivity index is 1.17. The fourth-order valence-electron chi connectivity index (χ4n) is 5.48. The van der Waals surface area contributed by atoms with Crippen molar-refractivity contribution >= 4 is 33.6 Å². The first-order valence-electron chi connectivity index (χ1n) is 12.1. The van der Waals surface area contributed by atoms with Gasteiger partial charge in [-0.3, -0.25) is 14.4 Å². The molecule has 0 spiro atoms. The van der Waals surface area contributed by atoms with Gasteiger partial charge in [0.15, 0.2) is 0 Å². The lowest BCUT2D eigenvalue weighted by Gasteiger charge is -2.41. The number of thiophene rings is 1. The number of amides is 2. The van der Waals surface area contributed by atoms with Gasteiger partial charge >= 0.3 is 6.09 Å². The van der Waals surface area contributed by atoms with Gasteiger partial charge in [0.05, 0.1) is 16.6 Å². The molecular weight excluding hydrogens is 442 g/mol. The molecule has 2 saturated heterocycles. The van der Waals surface area contributed by atoms with Gasteiger partial charge in [-0.05, 0) is 51.5 Å². The molecule has 0 bridgehead atoms. The maximum Gasteiger partial charge on any atom is 0.407 e. The van der Waals surface area contributed by atoms with E-state index in [1.807, 2.05) is 13.0 Å². The average Bonchev–Trinajstić information content (AvgIpc) is 3.41. The molecule has 5 rings (SSSR count). The minimum atomic E-state index is -0.821. The van der Waals surface area contributed by atoms with Crippen molar-refractivity contribution in [2.24, 2.45) is 0 Å². The van der Waals surface area contributed by atoms with Gasteiger partial charge in [0.25, 0.3) is 5.91 Å². The molecule has 0 unspecified atom stereocenters. The van der Waals surface area contributed by atoms with Crippen molar-refractivity contribution < 1.29 is 19.4 Å². The number of aryl methyl sites for hydroxylation is 1. The molecule has 3 aliphatic rings. The lowest BCUT2D eigenvalue weighted by Crippen LogP contribution is -2.53. The third-order valence-electron chi connectivity index (χ3n) is 7.46. The summed E-state index contributed by atoms with van der Waals surface area (Å²) in [5, 5.41) is 18.2. The molecule has 2 aromatic rings. The number of piperazine rings is 1. The zero-order valence-corrected chi connectivity index (χ0v) is 20.0. The summed E-state index contributed by atoms with van der Waals surface area (Å²) in [7, 11) is 0. The molecule has 1 aliphatic carbocycles. The van der Waals surface area contributed by atoms with Crippen LogP contribution in [-0.4, -0.2) is 88.2 Å². The van der Waals surface area contributed by atoms with Crippen LogP contribution < -0.4 is 5.32 Å². The van der Waals surface area contributed by atoms with E-state index in [0.717, 1.165) is 85.6 Å². The van der Waals surface area contributed by atoms with E-state index in [-0.39, 0.29) is 11.9 Å². The monoisotopic (exact) mass is 475 g/mol. The molecule has 0 radical (unpaired) electrons. The molecule has 4 heterocycles. The highest BCUT2D eigenvalue weighted by Gasteiger charge is 2.30. The summed E-state index contributed by atoms with van der Waals surface area (Å²) in [6.45, 7) is 6.33. The third kappa shape index (κ3) is 4.74. The highest BCUT2D eigenvalue weighted by atomic mass is 32.1. The maximum atomic E-state index is 13.0. The predicted molar refractivity (Wildman–Crippen MR) is 126 cm³/mol. The summed E-state index contributed by atoms with van der Waals surface area (Å²) in [5.74, 6) is 0.0210. The van der Waals surface area contributed by atoms with E-state index in [2.05, 4.69) is 14.9 Å². The predicted octanol–water partition coefficient (Wildman–Crippen LogP) is 3.09. The Labute approximate surface area is 197 Å². The Morgan fingerprint density at radius 2 is 1.76 bits per heavy atom. The van der Waals surface area contributed by atoms with Gasteiger partial charge in [-0.15, -0.1) is 11.3 Å². The summed E-state index contributed by atoms with van der Waals surface area (Å²) in [6.07, 6.45) is 5.13. The van der Waals surface area contributed by atoms with Gasteiger partial charge < -0.3 is 20.1 Å². The lowest BCUT2D eigenvalue weighted by atomic mass is 9.89. The Morgan fingerprint density at radius 1 is 1.06 bits per heavy atom. The molecule has 2 N–H and O–H groups in total. The number of aromatic nitrogens is 2. The van der Waals surface area contributed by atoms with Gasteiger partial charge in [-0.1, -0.05) is 0 Å². The molecular formula is C23H33N5O4S. The van der Waals surface area contributed by atoms with Crippen LogP contribution in [0.4, 0.5) is 4.79 Å². The first-order chi connectivity index (χ1) is 16.0. The minimum Gasteiger partial charge on any atom is -0.465 e. The highest BCUT2D eigenvalue weighted by molar-refractivity contribution is 7.20. The van der Waals surface area contributed by atoms with Crippen LogP contribution in [0, 0.1) is 6.92 Å². The van der Waals surface area contributed by atoms with E-state index in [1.54, 1.807) is 11.3 Å². The third-order valence-corrected chi connectivity index (χ3v) is 8.59. The number of rotatable bonds is 4. The molecule has 33 heavy (non-hydrogen) atoms. The summed E-state index contributed by atoms with van der Waals surface area (Å²) >= 11 is 1.55. The molecule has 1 saturated carbocycles. The van der Waals surface area contributed by atoms with Crippen LogP contribution in [0.2, 0.25) is 0 Å². The van der Waals surface area contributed by atoms with Crippen LogP contribution in [0.5, 0.6) is 0 Å². The van der Waals surface area contributed by atoms with Gasteiger partial charge in [0.1, 0.15) is 4.83 Å². The second-order valence-corrected chi connectivity index (χ2v) is 10.5. The number of ether oxygens (including phenoxy) is 1. The van der Waals surface area contributed by atoms with E-state index < -0.39 is 6.09 Å². The van der Waals surface area contributed by atoms with E-state index in [9.17, 15) is 9.59 Å². The number of fused-ring (bicyclic) bond motifs is 1. The number of carbonyl (C=O) groups excluding carboxylic acids is 1. The minimum absolute atomic E-state index is 0.0210. The summed E-state index contributed by atoms with van der Waals surface area (Å²) in [6, 6.07) is 3.04. The highest BCUT2D eigenvalue weighted by Crippen LogP contribution is 2.33. The average molecular weight is 476 g/mol. The van der Waals surface area contributed by atoms with Crippen molar-refractivity contribution in [2.75, 3.05) is 39.4 Å². The van der Waals surface area contributed by atoms with Gasteiger partial charge in [0.2, 0.25) is 0 Å². The number of carboxylic acid groups (broad SMARTS) is 1. The van der Waals surface area contributed by atoms with Crippen molar-refractivity contribution in [2.45, 2.75) is 63.6 Å². The van der Waals surface area contributed by atoms with Crippen LogP contribution in [0.1, 0.15) is 59.9 Å². The molecule has 9 nitrogen and oxygen atoms in total. The fourth-order valence-corrected chi connectivity index (χ4v) is 6.62. The Hall–Kier alpha value is -2.17. The van der Waals surface area contributed by atoms with Gasteiger partial charge in [-0.25, -0.2) is 4.79 Å². The van der Waals surface area contributed by atoms with Gasteiger partial charge in [0, 0.05) is 56.9 Å². The first kappa shape index (κ1) is 22.6. The van der Waals surface area contributed by atoms with Crippen LogP contribution in [-0.2, 0) is 4.74 Å². The van der Waals surface area contributed by atoms with Crippen molar-refractivity contribution in [1.82, 2.24) is 24.9 Å². The Kier molecular flexibility index (Phi) is 6.58. The van der Waals surface area contributed by atoms with E-state index in [0.29, 0.717) is 25.2 Å². The van der Waals surface area contributed by atoms with E-state index in [4.69, 9.17) is 14.9 Å². The van der Waals surface area contributed by atoms with E-state index >= 15 is 0 Å². The topological polar surface area (TPSA) is 99.9 Å². The van der Waals surface area contributed by atoms with Crippen LogP contribution in [0.25, 0.3) is 10.2 Å². The maximum absolute atomic E-state index is 13.0. The lowest BCUT2D eigenvalue weighted by molar-refractivity contribution is 0.0674. The first-order valence-corrected chi connectivity index (χ1v) is 12.9. The normalized spacial score (nSPS) is 25.4. The number of hydrogen-bond donors (Lipinski definition) is 2. The second kappa shape index (κ2) is 9.60. The van der Waals surface area contributed by atoms with Crippen LogP contribution in [0.15, 0.2) is 6.07 Å². The summed E-state index contributed by atoms with van der Waals surface area (Å²) in [4.78, 5) is 29.9. The van der Waals surface area contributed by atoms with Gasteiger partial charge in [-0.2, -0.15) is 5.10 Å². The largest absolute Gasteiger partial charge is 0.465 e. The van der Waals surface area contributed by atoms with Crippen molar-refractivity contribution in [3.63, 3.8) is 0 Å². The Bertz CT molecular complexity index is 998. The molecule has 10 heteroatoms. The fraction of sp³-hybridized carbons (Fsp3) is 0.696. The summed E-state index contributed by atoms with van der Waals surface area (Å²) in [5.41, 5.74) is 0.982. The standard InChI is InChI=1S/C23H33N5O4S/c1-15-19-14-20(33-22(19)28(25-15)18-6-12-32-13-7-18)21(29)24-16-2-4-17(5-3-16)26-8-10-27(11-9-26)23(30)31/h14,16-18H,2-13H2,1H3,(H,24,29)(H,30,31)/t16-,17-. The summed E-state index contributed by atoms with van der Waals surface area (Å²) < 4.78 is 7.61. The van der Waals surface area contributed by atoms with Crippen LogP contribution in [0.3, 0.4) is 0 Å². The quantitative estimate of drug-likeness (QED) is 0.705. The SMILES string of the molecule is Cc1nn(C2CCOCC2)c2sc(C(=O)N[C@H]3CC[C@H](N4CCN(C(=O)O)CC4)CC3)cc12. The molecule has 2 aromatic heterocycles. The molecule has 0 atom stereocenters. The van der Waals surface area contributed by atoms with Crippen molar-refractivity contribution in [3.8, 4) is 0 Å². The molecule has 0 aromatic carbocycles. The van der Waals surface area contributed by atoms with Crippen molar-refractivity contribution in [3.05, 3.63) is 16.6 Å². The zero-order valence-electron chi connectivity index (χ0n) is 19.2. The number of nitrogens with one attached hydrogen (secondary N) is 1. The molecule has 2 amide bonds. The number of carbonyl (C=O) groups is 2. The molecule has 180 valence electrons. The molecule has 3 fully saturated rings. The smallest absolute Gasteiger partial charge is 0.407 e.